The van der Waals surface area contributed by atoms with Crippen molar-refractivity contribution < 1.29 is 9.53 Å². The van der Waals surface area contributed by atoms with Crippen molar-refractivity contribution in [2.24, 2.45) is 0 Å². The van der Waals surface area contributed by atoms with E-state index in [1.54, 1.807) is 16.7 Å². The highest BCUT2D eigenvalue weighted by molar-refractivity contribution is 7.99. The number of carbonyl (C=O) groups is 1. The Bertz CT molecular complexity index is 514. The fraction of sp³-hybridized carbons (Fsp3) is 0.667. The maximum atomic E-state index is 12.2. The molecular weight excluding hydrogens is 286 g/mol. The zero-order valence-electron chi connectivity index (χ0n) is 13.2. The van der Waals surface area contributed by atoms with Gasteiger partial charge in [0.25, 0.3) is 0 Å². The van der Waals surface area contributed by atoms with Crippen LogP contribution in [0.15, 0.2) is 11.4 Å². The molecule has 5 nitrogen and oxygen atoms in total. The van der Waals surface area contributed by atoms with Gasteiger partial charge in [-0.1, -0.05) is 18.7 Å². The molecule has 0 aromatic carbocycles. The molecule has 116 valence electrons. The zero-order valence-corrected chi connectivity index (χ0v) is 14.0. The van der Waals surface area contributed by atoms with Gasteiger partial charge >= 0.3 is 6.09 Å². The summed E-state index contributed by atoms with van der Waals surface area (Å²) in [5, 5.41) is 0.821. The van der Waals surface area contributed by atoms with Crippen molar-refractivity contribution in [2.75, 3.05) is 18.8 Å². The molecule has 6 heteroatoms. The molecule has 0 bridgehead atoms. The number of nitrogens with zero attached hydrogens (tertiary/aromatic N) is 3. The van der Waals surface area contributed by atoms with Crippen LogP contribution in [0.25, 0.3) is 0 Å². The first-order chi connectivity index (χ1) is 9.89. The second-order valence-electron chi connectivity index (χ2n) is 6.02. The van der Waals surface area contributed by atoms with Crippen LogP contribution in [0.2, 0.25) is 0 Å². The summed E-state index contributed by atoms with van der Waals surface area (Å²) in [4.78, 5) is 22.9. The van der Waals surface area contributed by atoms with Gasteiger partial charge in [-0.25, -0.2) is 14.8 Å². The monoisotopic (exact) mass is 309 g/mol. The minimum absolute atomic E-state index is 0.244. The van der Waals surface area contributed by atoms with Gasteiger partial charge in [-0.15, -0.1) is 0 Å². The Morgan fingerprint density at radius 3 is 2.76 bits per heavy atom. The fourth-order valence-corrected chi connectivity index (χ4v) is 2.73. The van der Waals surface area contributed by atoms with Gasteiger partial charge in [-0.05, 0) is 38.5 Å². The number of hydrogen-bond acceptors (Lipinski definition) is 5. The summed E-state index contributed by atoms with van der Waals surface area (Å²) in [6, 6.07) is 0. The number of hydrogen-bond donors (Lipinski definition) is 0. The number of rotatable bonds is 2. The Morgan fingerprint density at radius 1 is 1.38 bits per heavy atom. The normalized spacial score (nSPS) is 15.3. The number of fused-ring (bicyclic) bond motifs is 1. The Kier molecular flexibility index (Phi) is 5.08. The first kappa shape index (κ1) is 16.1. The molecule has 1 aromatic rings. The van der Waals surface area contributed by atoms with Gasteiger partial charge in [0.2, 0.25) is 0 Å². The number of aromatic nitrogens is 2. The standard InChI is InChI=1S/C15H23N3O2S/c1-5-21-13-16-10-11-6-8-18(9-7-12(11)17-13)14(19)20-15(2,3)4/h10H,5-9H2,1-4H3. The molecule has 0 saturated carbocycles. The molecule has 0 aliphatic carbocycles. The topological polar surface area (TPSA) is 55.3 Å². The van der Waals surface area contributed by atoms with Crippen molar-refractivity contribution in [1.82, 2.24) is 14.9 Å². The van der Waals surface area contributed by atoms with Crippen LogP contribution in [0.4, 0.5) is 4.79 Å². The lowest BCUT2D eigenvalue weighted by molar-refractivity contribution is 0.0258. The van der Waals surface area contributed by atoms with Crippen molar-refractivity contribution in [3.8, 4) is 0 Å². The number of ether oxygens (including phenoxy) is 1. The largest absolute Gasteiger partial charge is 0.444 e. The zero-order chi connectivity index (χ0) is 15.5. The van der Waals surface area contributed by atoms with Crippen LogP contribution < -0.4 is 0 Å². The smallest absolute Gasteiger partial charge is 0.410 e. The summed E-state index contributed by atoms with van der Waals surface area (Å²) < 4.78 is 5.44. The van der Waals surface area contributed by atoms with Crippen molar-refractivity contribution in [3.05, 3.63) is 17.5 Å². The van der Waals surface area contributed by atoms with E-state index in [-0.39, 0.29) is 6.09 Å². The van der Waals surface area contributed by atoms with E-state index in [0.717, 1.165) is 35.0 Å². The minimum atomic E-state index is -0.457. The van der Waals surface area contributed by atoms with Crippen molar-refractivity contribution in [2.45, 2.75) is 51.3 Å². The number of amides is 1. The van der Waals surface area contributed by atoms with E-state index in [2.05, 4.69) is 16.9 Å². The van der Waals surface area contributed by atoms with Crippen molar-refractivity contribution in [3.63, 3.8) is 0 Å². The number of thioether (sulfide) groups is 1. The molecule has 1 aliphatic heterocycles. The van der Waals surface area contributed by atoms with Crippen LogP contribution in [-0.2, 0) is 17.6 Å². The van der Waals surface area contributed by atoms with Gasteiger partial charge in [0.15, 0.2) is 5.16 Å². The van der Waals surface area contributed by atoms with E-state index < -0.39 is 5.60 Å². The van der Waals surface area contributed by atoms with Crippen LogP contribution in [0.1, 0.15) is 39.0 Å². The van der Waals surface area contributed by atoms with Crippen molar-refractivity contribution >= 4 is 17.9 Å². The van der Waals surface area contributed by atoms with Crippen LogP contribution >= 0.6 is 11.8 Å². The molecule has 1 amide bonds. The lowest BCUT2D eigenvalue weighted by Crippen LogP contribution is -2.38. The van der Waals surface area contributed by atoms with E-state index in [0.29, 0.717) is 13.1 Å². The molecule has 0 spiro atoms. The molecule has 0 saturated heterocycles. The molecule has 1 aliphatic rings. The third kappa shape index (κ3) is 4.59. The van der Waals surface area contributed by atoms with Crippen LogP contribution in [0.3, 0.4) is 0 Å². The summed E-state index contributed by atoms with van der Waals surface area (Å²) in [7, 11) is 0. The average molecular weight is 309 g/mol. The third-order valence-corrected chi connectivity index (χ3v) is 3.87. The Labute approximate surface area is 130 Å². The van der Waals surface area contributed by atoms with Gasteiger partial charge in [0.1, 0.15) is 5.60 Å². The molecule has 0 unspecified atom stereocenters. The summed E-state index contributed by atoms with van der Waals surface area (Å²) in [5.41, 5.74) is 1.74. The number of carbonyl (C=O) groups excluding carboxylic acids is 1. The molecule has 2 rings (SSSR count). The Hall–Kier alpha value is -1.30. The maximum absolute atomic E-state index is 12.2. The van der Waals surface area contributed by atoms with Crippen LogP contribution in [-0.4, -0.2) is 45.4 Å². The molecule has 2 heterocycles. The molecule has 0 radical (unpaired) electrons. The predicted octanol–water partition coefficient (Wildman–Crippen LogP) is 2.92. The summed E-state index contributed by atoms with van der Waals surface area (Å²) >= 11 is 1.64. The van der Waals surface area contributed by atoms with E-state index in [1.807, 2.05) is 27.0 Å². The predicted molar refractivity (Wildman–Crippen MR) is 83.6 cm³/mol. The Balaban J connectivity index is 2.04. The first-order valence-electron chi connectivity index (χ1n) is 7.34. The highest BCUT2D eigenvalue weighted by Crippen LogP contribution is 2.19. The molecule has 0 fully saturated rings. The average Bonchev–Trinajstić information content (AvgIpc) is 2.59. The van der Waals surface area contributed by atoms with Crippen molar-refractivity contribution in [1.29, 1.82) is 0 Å². The van der Waals surface area contributed by atoms with E-state index >= 15 is 0 Å². The second-order valence-corrected chi connectivity index (χ2v) is 7.26. The van der Waals surface area contributed by atoms with Gasteiger partial charge in [0, 0.05) is 31.4 Å². The second kappa shape index (κ2) is 6.64. The van der Waals surface area contributed by atoms with Gasteiger partial charge in [-0.2, -0.15) is 0 Å². The van der Waals surface area contributed by atoms with Gasteiger partial charge < -0.3 is 9.64 Å². The van der Waals surface area contributed by atoms with E-state index in [4.69, 9.17) is 4.74 Å². The highest BCUT2D eigenvalue weighted by atomic mass is 32.2. The van der Waals surface area contributed by atoms with Crippen LogP contribution in [0, 0.1) is 0 Å². The first-order valence-corrected chi connectivity index (χ1v) is 8.33. The molecule has 1 aromatic heterocycles. The fourth-order valence-electron chi connectivity index (χ4n) is 2.16. The SMILES string of the molecule is CCSc1ncc2c(n1)CCN(C(=O)OC(C)(C)C)CC2. The summed E-state index contributed by atoms with van der Waals surface area (Å²) in [6.45, 7) is 9.05. The summed E-state index contributed by atoms with van der Waals surface area (Å²) in [6.07, 6.45) is 3.20. The molecule has 21 heavy (non-hydrogen) atoms. The molecule has 0 N–H and O–H groups in total. The van der Waals surface area contributed by atoms with E-state index in [1.165, 1.54) is 0 Å². The van der Waals surface area contributed by atoms with Gasteiger partial charge in [0.05, 0.1) is 0 Å². The minimum Gasteiger partial charge on any atom is -0.444 e. The Morgan fingerprint density at radius 2 is 2.10 bits per heavy atom. The maximum Gasteiger partial charge on any atom is 0.410 e. The third-order valence-electron chi connectivity index (χ3n) is 3.13. The quantitative estimate of drug-likeness (QED) is 0.621. The lowest BCUT2D eigenvalue weighted by atomic mass is 10.1. The van der Waals surface area contributed by atoms with Crippen LogP contribution in [0.5, 0.6) is 0 Å². The molecular formula is C15H23N3O2S. The highest BCUT2D eigenvalue weighted by Gasteiger charge is 2.24. The summed E-state index contributed by atoms with van der Waals surface area (Å²) in [5.74, 6) is 0.961. The lowest BCUT2D eigenvalue weighted by Gasteiger charge is -2.26. The van der Waals surface area contributed by atoms with Gasteiger partial charge in [-0.3, -0.25) is 0 Å². The van der Waals surface area contributed by atoms with E-state index in [9.17, 15) is 4.79 Å². The molecule has 0 atom stereocenters.